The number of hydrogen-bond acceptors (Lipinski definition) is 4. The molecule has 0 amide bonds. The first-order chi connectivity index (χ1) is 9.78. The summed E-state index contributed by atoms with van der Waals surface area (Å²) in [6.07, 6.45) is 0. The van der Waals surface area contributed by atoms with Gasteiger partial charge in [-0.1, -0.05) is 12.1 Å². The summed E-state index contributed by atoms with van der Waals surface area (Å²) in [7, 11) is 0. The first-order valence-electron chi connectivity index (χ1n) is 6.09. The second-order valence-electron chi connectivity index (χ2n) is 4.31. The van der Waals surface area contributed by atoms with Gasteiger partial charge in [0, 0.05) is 12.1 Å². The van der Waals surface area contributed by atoms with E-state index in [4.69, 9.17) is 14.7 Å². The van der Waals surface area contributed by atoms with Crippen molar-refractivity contribution in [3.8, 4) is 17.6 Å². The van der Waals surface area contributed by atoms with Crippen molar-refractivity contribution in [1.82, 2.24) is 0 Å². The Bertz CT molecular complexity index is 695. The van der Waals surface area contributed by atoms with E-state index in [1.54, 1.807) is 12.1 Å². The minimum Gasteiger partial charge on any atom is -0.454 e. The summed E-state index contributed by atoms with van der Waals surface area (Å²) < 4.78 is 24.4. The van der Waals surface area contributed by atoms with Crippen molar-refractivity contribution in [2.75, 3.05) is 12.1 Å². The van der Waals surface area contributed by atoms with E-state index >= 15 is 0 Å². The Morgan fingerprint density at radius 2 is 2.15 bits per heavy atom. The second kappa shape index (κ2) is 5.10. The van der Waals surface area contributed by atoms with Crippen molar-refractivity contribution in [3.63, 3.8) is 0 Å². The van der Waals surface area contributed by atoms with Crippen LogP contribution in [0.25, 0.3) is 0 Å². The van der Waals surface area contributed by atoms with E-state index in [-0.39, 0.29) is 6.79 Å². The molecule has 1 heterocycles. The molecule has 0 fully saturated rings. The van der Waals surface area contributed by atoms with Crippen molar-refractivity contribution < 1.29 is 13.9 Å². The molecule has 0 radical (unpaired) electrons. The van der Waals surface area contributed by atoms with Crippen LogP contribution < -0.4 is 14.8 Å². The number of rotatable bonds is 3. The van der Waals surface area contributed by atoms with Gasteiger partial charge in [0.05, 0.1) is 17.3 Å². The number of nitrogens with zero attached hydrogens (tertiary/aromatic N) is 1. The third kappa shape index (κ3) is 2.24. The van der Waals surface area contributed by atoms with Crippen LogP contribution in [0.2, 0.25) is 0 Å². The van der Waals surface area contributed by atoms with E-state index in [1.807, 2.05) is 24.3 Å². The van der Waals surface area contributed by atoms with Gasteiger partial charge in [-0.25, -0.2) is 4.39 Å². The highest BCUT2D eigenvalue weighted by molar-refractivity contribution is 5.52. The zero-order chi connectivity index (χ0) is 13.9. The fourth-order valence-electron chi connectivity index (χ4n) is 2.05. The van der Waals surface area contributed by atoms with Crippen molar-refractivity contribution in [1.29, 1.82) is 5.26 Å². The molecule has 0 aromatic heterocycles. The molecular weight excluding hydrogens is 259 g/mol. The molecule has 0 saturated heterocycles. The lowest BCUT2D eigenvalue weighted by molar-refractivity contribution is 0.173. The van der Waals surface area contributed by atoms with Gasteiger partial charge in [-0.15, -0.1) is 0 Å². The van der Waals surface area contributed by atoms with Gasteiger partial charge in [-0.3, -0.25) is 0 Å². The average molecular weight is 270 g/mol. The third-order valence-corrected chi connectivity index (χ3v) is 3.05. The predicted octanol–water partition coefficient (Wildman–Crippen LogP) is 3.04. The quantitative estimate of drug-likeness (QED) is 0.931. The number of hydrogen-bond donors (Lipinski definition) is 1. The van der Waals surface area contributed by atoms with E-state index < -0.39 is 5.82 Å². The van der Waals surface area contributed by atoms with E-state index in [0.717, 1.165) is 5.56 Å². The summed E-state index contributed by atoms with van der Waals surface area (Å²) >= 11 is 0. The Balaban J connectivity index is 1.78. The van der Waals surface area contributed by atoms with Crippen LogP contribution in [0, 0.1) is 17.1 Å². The number of para-hydroxylation sites is 1. The molecule has 1 aliphatic heterocycles. The summed E-state index contributed by atoms with van der Waals surface area (Å²) in [5.74, 6) is 0.937. The van der Waals surface area contributed by atoms with Gasteiger partial charge in [-0.05, 0) is 24.3 Å². The molecule has 0 bridgehead atoms. The molecule has 4 nitrogen and oxygen atoms in total. The Hall–Kier alpha value is -2.74. The van der Waals surface area contributed by atoms with Gasteiger partial charge in [0.2, 0.25) is 6.79 Å². The van der Waals surface area contributed by atoms with Gasteiger partial charge >= 0.3 is 0 Å². The largest absolute Gasteiger partial charge is 0.454 e. The van der Waals surface area contributed by atoms with E-state index in [1.165, 1.54) is 6.07 Å². The van der Waals surface area contributed by atoms with E-state index in [9.17, 15) is 4.39 Å². The normalized spacial score (nSPS) is 12.0. The fourth-order valence-corrected chi connectivity index (χ4v) is 2.05. The molecule has 0 spiro atoms. The minimum absolute atomic E-state index is 0.206. The zero-order valence-corrected chi connectivity index (χ0v) is 10.5. The van der Waals surface area contributed by atoms with Crippen LogP contribution in [0.5, 0.6) is 11.5 Å². The summed E-state index contributed by atoms with van der Waals surface area (Å²) in [6, 6.07) is 11.8. The molecule has 100 valence electrons. The highest BCUT2D eigenvalue weighted by Crippen LogP contribution is 2.35. The van der Waals surface area contributed by atoms with Crippen LogP contribution in [0.4, 0.5) is 10.1 Å². The monoisotopic (exact) mass is 270 g/mol. The molecule has 0 atom stereocenters. The van der Waals surface area contributed by atoms with Crippen molar-refractivity contribution in [2.24, 2.45) is 0 Å². The second-order valence-corrected chi connectivity index (χ2v) is 4.31. The lowest BCUT2D eigenvalue weighted by atomic mass is 10.1. The molecule has 2 aromatic rings. The van der Waals surface area contributed by atoms with Crippen LogP contribution in [0.3, 0.4) is 0 Å². The number of halogens is 1. The third-order valence-electron chi connectivity index (χ3n) is 3.05. The molecule has 1 N–H and O–H groups in total. The van der Waals surface area contributed by atoms with E-state index in [0.29, 0.717) is 29.3 Å². The van der Waals surface area contributed by atoms with Crippen LogP contribution in [-0.2, 0) is 6.54 Å². The topological polar surface area (TPSA) is 54.3 Å². The van der Waals surface area contributed by atoms with Gasteiger partial charge in [0.25, 0.3) is 0 Å². The van der Waals surface area contributed by atoms with Crippen LogP contribution >= 0.6 is 0 Å². The Morgan fingerprint density at radius 1 is 1.25 bits per heavy atom. The maximum atomic E-state index is 13.7. The van der Waals surface area contributed by atoms with Crippen molar-refractivity contribution in [3.05, 3.63) is 53.3 Å². The maximum Gasteiger partial charge on any atom is 0.231 e. The standard InChI is InChI=1S/C15H11FN2O2/c16-12-6-10(7-17)4-5-13(12)18-8-11-2-1-3-14-15(11)20-9-19-14/h1-6,18H,8-9H2. The molecule has 3 rings (SSSR count). The van der Waals surface area contributed by atoms with E-state index in [2.05, 4.69) is 5.32 Å². The lowest BCUT2D eigenvalue weighted by Crippen LogP contribution is -2.03. The summed E-state index contributed by atoms with van der Waals surface area (Å²) in [5.41, 5.74) is 1.54. The number of anilines is 1. The van der Waals surface area contributed by atoms with Gasteiger partial charge in [0.1, 0.15) is 5.82 Å². The number of nitrogens with one attached hydrogen (secondary N) is 1. The maximum absolute atomic E-state index is 13.7. The molecule has 5 heteroatoms. The van der Waals surface area contributed by atoms with Gasteiger partial charge < -0.3 is 14.8 Å². The van der Waals surface area contributed by atoms with Crippen LogP contribution in [0.15, 0.2) is 36.4 Å². The molecule has 0 aliphatic carbocycles. The number of fused-ring (bicyclic) bond motifs is 1. The Labute approximate surface area is 115 Å². The fraction of sp³-hybridized carbons (Fsp3) is 0.133. The first-order valence-corrected chi connectivity index (χ1v) is 6.09. The molecular formula is C15H11FN2O2. The molecule has 0 saturated carbocycles. The number of benzene rings is 2. The molecule has 20 heavy (non-hydrogen) atoms. The predicted molar refractivity (Wildman–Crippen MR) is 71.0 cm³/mol. The summed E-state index contributed by atoms with van der Waals surface area (Å²) in [6.45, 7) is 0.618. The summed E-state index contributed by atoms with van der Waals surface area (Å²) in [4.78, 5) is 0. The number of nitriles is 1. The van der Waals surface area contributed by atoms with Crippen molar-refractivity contribution >= 4 is 5.69 Å². The number of ether oxygens (including phenoxy) is 2. The minimum atomic E-state index is -0.450. The molecule has 1 aliphatic rings. The highest BCUT2D eigenvalue weighted by Gasteiger charge is 2.17. The Morgan fingerprint density at radius 3 is 2.95 bits per heavy atom. The average Bonchev–Trinajstić information content (AvgIpc) is 2.95. The zero-order valence-electron chi connectivity index (χ0n) is 10.5. The molecule has 0 unspecified atom stereocenters. The SMILES string of the molecule is N#Cc1ccc(NCc2cccc3c2OCO3)c(F)c1. The van der Waals surface area contributed by atoms with Crippen LogP contribution in [-0.4, -0.2) is 6.79 Å². The van der Waals surface area contributed by atoms with Crippen molar-refractivity contribution in [2.45, 2.75) is 6.54 Å². The van der Waals surface area contributed by atoms with Gasteiger partial charge in [-0.2, -0.15) is 5.26 Å². The smallest absolute Gasteiger partial charge is 0.231 e. The highest BCUT2D eigenvalue weighted by atomic mass is 19.1. The first kappa shape index (κ1) is 12.3. The van der Waals surface area contributed by atoms with Gasteiger partial charge in [0.15, 0.2) is 11.5 Å². The summed E-state index contributed by atoms with van der Waals surface area (Å²) in [5, 5.41) is 11.7. The Kier molecular flexibility index (Phi) is 3.13. The lowest BCUT2D eigenvalue weighted by Gasteiger charge is -2.09. The van der Waals surface area contributed by atoms with Crippen LogP contribution in [0.1, 0.15) is 11.1 Å². The molecule has 2 aromatic carbocycles.